The maximum Gasteiger partial charge on any atom is -0.00461 e. The molecule has 150 valence electrons. The van der Waals surface area contributed by atoms with Gasteiger partial charge in [-0.15, -0.1) is 0 Å². The van der Waals surface area contributed by atoms with Crippen LogP contribution >= 0.6 is 0 Å². The summed E-state index contributed by atoms with van der Waals surface area (Å²) in [6.07, 6.45) is 21.6. The Hall–Kier alpha value is -0.0400. The van der Waals surface area contributed by atoms with Crippen LogP contribution in [0.1, 0.15) is 124 Å². The molecule has 0 aliphatic carbocycles. The fourth-order valence-corrected chi connectivity index (χ4v) is 5.65. The lowest BCUT2D eigenvalue weighted by Crippen LogP contribution is -2.43. The Morgan fingerprint density at radius 1 is 0.720 bits per heavy atom. The van der Waals surface area contributed by atoms with Gasteiger partial charge in [-0.2, -0.15) is 0 Å². The summed E-state index contributed by atoms with van der Waals surface area (Å²) in [7, 11) is 0. The van der Waals surface area contributed by atoms with Crippen molar-refractivity contribution < 1.29 is 0 Å². The Morgan fingerprint density at radius 2 is 1.24 bits per heavy atom. The molecule has 1 atom stereocenters. The normalized spacial score (nSPS) is 17.8. The van der Waals surface area contributed by atoms with Crippen molar-refractivity contribution in [2.24, 2.45) is 17.3 Å². The van der Waals surface area contributed by atoms with Gasteiger partial charge in [0.2, 0.25) is 0 Å². The van der Waals surface area contributed by atoms with E-state index in [4.69, 9.17) is 0 Å². The first-order valence-corrected chi connectivity index (χ1v) is 12.0. The van der Waals surface area contributed by atoms with Crippen LogP contribution in [0.25, 0.3) is 0 Å². The zero-order valence-electron chi connectivity index (χ0n) is 18.2. The van der Waals surface area contributed by atoms with E-state index >= 15 is 0 Å². The topological polar surface area (TPSA) is 12.0 Å². The molecule has 1 rings (SSSR count). The standard InChI is InChI=1S/C24H49N/c1-5-9-11-12-13-14-15-17-22(16-10-6-2)24(7-3,8-4)23-18-20-25-21-19-23/h22-23,25H,5-21H2,1-4H3. The highest BCUT2D eigenvalue weighted by molar-refractivity contribution is 4.92. The number of hydrogen-bond acceptors (Lipinski definition) is 1. The molecular formula is C24H49N. The van der Waals surface area contributed by atoms with E-state index in [1.54, 1.807) is 0 Å². The summed E-state index contributed by atoms with van der Waals surface area (Å²) in [4.78, 5) is 0. The van der Waals surface area contributed by atoms with Crippen LogP contribution in [0.15, 0.2) is 0 Å². The van der Waals surface area contributed by atoms with Gasteiger partial charge in [0.05, 0.1) is 0 Å². The monoisotopic (exact) mass is 351 g/mol. The van der Waals surface area contributed by atoms with Gasteiger partial charge in [0.25, 0.3) is 0 Å². The minimum absolute atomic E-state index is 0.624. The number of nitrogens with one attached hydrogen (secondary N) is 1. The Kier molecular flexibility index (Phi) is 12.9. The van der Waals surface area contributed by atoms with Crippen molar-refractivity contribution in [2.45, 2.75) is 124 Å². The molecule has 1 aliphatic rings. The molecule has 0 aromatic carbocycles. The van der Waals surface area contributed by atoms with Crippen LogP contribution in [-0.2, 0) is 0 Å². The highest BCUT2D eigenvalue weighted by atomic mass is 14.9. The van der Waals surface area contributed by atoms with Gasteiger partial charge >= 0.3 is 0 Å². The fraction of sp³-hybridized carbons (Fsp3) is 1.00. The minimum atomic E-state index is 0.624. The summed E-state index contributed by atoms with van der Waals surface area (Å²) in [5, 5.41) is 3.59. The first kappa shape index (κ1) is 23.0. The zero-order chi connectivity index (χ0) is 18.4. The van der Waals surface area contributed by atoms with Crippen LogP contribution in [0.4, 0.5) is 0 Å². The van der Waals surface area contributed by atoms with Gasteiger partial charge in [0.15, 0.2) is 0 Å². The average molecular weight is 352 g/mol. The van der Waals surface area contributed by atoms with Crippen LogP contribution in [0.2, 0.25) is 0 Å². The zero-order valence-corrected chi connectivity index (χ0v) is 18.2. The number of rotatable bonds is 15. The SMILES string of the molecule is CCCCCCCCCC(CCCC)C(CC)(CC)C1CCNCC1. The van der Waals surface area contributed by atoms with Crippen molar-refractivity contribution in [2.75, 3.05) is 13.1 Å². The van der Waals surface area contributed by atoms with E-state index in [9.17, 15) is 0 Å². The number of piperidine rings is 1. The van der Waals surface area contributed by atoms with Crippen LogP contribution in [0.5, 0.6) is 0 Å². The second kappa shape index (κ2) is 14.1. The summed E-state index contributed by atoms with van der Waals surface area (Å²) >= 11 is 0. The first-order chi connectivity index (χ1) is 12.2. The van der Waals surface area contributed by atoms with Crippen LogP contribution in [-0.4, -0.2) is 13.1 Å². The fourth-order valence-electron chi connectivity index (χ4n) is 5.65. The van der Waals surface area contributed by atoms with Crippen molar-refractivity contribution in [3.63, 3.8) is 0 Å². The molecular weight excluding hydrogens is 302 g/mol. The van der Waals surface area contributed by atoms with Crippen LogP contribution in [0, 0.1) is 17.3 Å². The number of unbranched alkanes of at least 4 members (excludes halogenated alkanes) is 7. The molecule has 1 aliphatic heterocycles. The van der Waals surface area contributed by atoms with Gasteiger partial charge in [-0.1, -0.05) is 85.5 Å². The molecule has 0 amide bonds. The highest BCUT2D eigenvalue weighted by Crippen LogP contribution is 2.50. The lowest BCUT2D eigenvalue weighted by molar-refractivity contribution is 0.0251. The third-order valence-corrected chi connectivity index (χ3v) is 7.34. The van der Waals surface area contributed by atoms with Crippen LogP contribution in [0.3, 0.4) is 0 Å². The predicted octanol–water partition coefficient (Wildman–Crippen LogP) is 7.74. The molecule has 1 nitrogen and oxygen atoms in total. The molecule has 1 unspecified atom stereocenters. The van der Waals surface area contributed by atoms with E-state index in [-0.39, 0.29) is 0 Å². The molecule has 1 heterocycles. The summed E-state index contributed by atoms with van der Waals surface area (Å²) in [5.41, 5.74) is 0.624. The Bertz CT molecular complexity index is 288. The lowest BCUT2D eigenvalue weighted by Gasteiger charge is -2.48. The molecule has 0 aromatic heterocycles. The Morgan fingerprint density at radius 3 is 1.80 bits per heavy atom. The third-order valence-electron chi connectivity index (χ3n) is 7.34. The van der Waals surface area contributed by atoms with Gasteiger partial charge in [-0.25, -0.2) is 0 Å². The van der Waals surface area contributed by atoms with Crippen LogP contribution < -0.4 is 5.32 Å². The van der Waals surface area contributed by atoms with Gasteiger partial charge < -0.3 is 5.32 Å². The summed E-state index contributed by atoms with van der Waals surface area (Å²) in [5.74, 6) is 1.94. The quantitative estimate of drug-likeness (QED) is 0.297. The number of hydrogen-bond donors (Lipinski definition) is 1. The molecule has 0 saturated carbocycles. The lowest BCUT2D eigenvalue weighted by atomic mass is 9.58. The minimum Gasteiger partial charge on any atom is -0.317 e. The smallest absolute Gasteiger partial charge is 0.00461 e. The van der Waals surface area contributed by atoms with E-state index in [0.717, 1.165) is 11.8 Å². The molecule has 1 saturated heterocycles. The maximum atomic E-state index is 3.59. The summed E-state index contributed by atoms with van der Waals surface area (Å²) in [6.45, 7) is 12.2. The van der Waals surface area contributed by atoms with Crippen molar-refractivity contribution in [1.29, 1.82) is 0 Å². The molecule has 0 aromatic rings. The first-order valence-electron chi connectivity index (χ1n) is 12.0. The molecule has 0 bridgehead atoms. The van der Waals surface area contributed by atoms with Gasteiger partial charge in [0, 0.05) is 0 Å². The molecule has 1 fully saturated rings. The average Bonchev–Trinajstić information content (AvgIpc) is 2.66. The van der Waals surface area contributed by atoms with Crippen molar-refractivity contribution in [1.82, 2.24) is 5.32 Å². The van der Waals surface area contributed by atoms with Gasteiger partial charge in [0.1, 0.15) is 0 Å². The summed E-state index contributed by atoms with van der Waals surface area (Å²) in [6, 6.07) is 0. The summed E-state index contributed by atoms with van der Waals surface area (Å²) < 4.78 is 0. The third kappa shape index (κ3) is 7.61. The Balaban J connectivity index is 2.58. The second-order valence-electron chi connectivity index (χ2n) is 8.71. The van der Waals surface area contributed by atoms with Gasteiger partial charge in [-0.05, 0) is 68.9 Å². The van der Waals surface area contributed by atoms with Crippen molar-refractivity contribution in [3.05, 3.63) is 0 Å². The van der Waals surface area contributed by atoms with E-state index in [2.05, 4.69) is 33.0 Å². The molecule has 0 spiro atoms. The molecule has 0 radical (unpaired) electrons. The van der Waals surface area contributed by atoms with E-state index in [1.165, 1.54) is 109 Å². The van der Waals surface area contributed by atoms with Gasteiger partial charge in [-0.3, -0.25) is 0 Å². The maximum absolute atomic E-state index is 3.59. The molecule has 1 heteroatoms. The van der Waals surface area contributed by atoms with Crippen molar-refractivity contribution >= 4 is 0 Å². The van der Waals surface area contributed by atoms with E-state index < -0.39 is 0 Å². The second-order valence-corrected chi connectivity index (χ2v) is 8.71. The Labute approximate surface area is 160 Å². The molecule has 1 N–H and O–H groups in total. The van der Waals surface area contributed by atoms with Crippen molar-refractivity contribution in [3.8, 4) is 0 Å². The molecule has 25 heavy (non-hydrogen) atoms. The highest BCUT2D eigenvalue weighted by Gasteiger charge is 2.41. The van der Waals surface area contributed by atoms with E-state index in [0.29, 0.717) is 5.41 Å². The predicted molar refractivity (Wildman–Crippen MR) is 114 cm³/mol. The van der Waals surface area contributed by atoms with E-state index in [1.807, 2.05) is 0 Å². The largest absolute Gasteiger partial charge is 0.317 e.